The maximum atomic E-state index is 13.9. The summed E-state index contributed by atoms with van der Waals surface area (Å²) in [4.78, 5) is 23.2. The fraction of sp³-hybridized carbons (Fsp3) is 0.556. The normalized spacial score (nSPS) is 25.8. The van der Waals surface area contributed by atoms with E-state index < -0.39 is 23.6 Å². The first kappa shape index (κ1) is 17.6. The van der Waals surface area contributed by atoms with E-state index in [-0.39, 0.29) is 18.0 Å². The highest BCUT2D eigenvalue weighted by Gasteiger charge is 2.28. The molecule has 0 aliphatic heterocycles. The number of carboxylic acids is 1. The molecule has 1 fully saturated rings. The molecule has 0 bridgehead atoms. The molecule has 25 heavy (non-hydrogen) atoms. The summed E-state index contributed by atoms with van der Waals surface area (Å²) >= 11 is 0. The van der Waals surface area contributed by atoms with E-state index in [1.165, 1.54) is 6.07 Å². The van der Waals surface area contributed by atoms with E-state index in [9.17, 15) is 18.4 Å². The van der Waals surface area contributed by atoms with Gasteiger partial charge in [0.15, 0.2) is 0 Å². The molecule has 5 nitrogen and oxygen atoms in total. The smallest absolute Gasteiger partial charge is 0.315 e. The first-order valence-electron chi connectivity index (χ1n) is 8.71. The van der Waals surface area contributed by atoms with E-state index in [1.807, 2.05) is 0 Å². The van der Waals surface area contributed by atoms with Crippen molar-refractivity contribution in [3.8, 4) is 0 Å². The van der Waals surface area contributed by atoms with E-state index in [1.54, 1.807) is 0 Å². The van der Waals surface area contributed by atoms with Gasteiger partial charge in [-0.05, 0) is 62.1 Å². The van der Waals surface area contributed by atoms with Crippen LogP contribution in [-0.2, 0) is 11.2 Å². The topological polar surface area (TPSA) is 78.4 Å². The summed E-state index contributed by atoms with van der Waals surface area (Å²) in [5.41, 5.74) is 0.980. The highest BCUT2D eigenvalue weighted by molar-refractivity contribution is 5.75. The lowest BCUT2D eigenvalue weighted by atomic mass is 9.86. The van der Waals surface area contributed by atoms with Gasteiger partial charge in [0.05, 0.1) is 12.0 Å². The van der Waals surface area contributed by atoms with Gasteiger partial charge in [0.25, 0.3) is 0 Å². The Morgan fingerprint density at radius 1 is 1.04 bits per heavy atom. The molecular formula is C18H22F2N2O3. The van der Waals surface area contributed by atoms with Crippen molar-refractivity contribution in [3.63, 3.8) is 0 Å². The van der Waals surface area contributed by atoms with Crippen molar-refractivity contribution in [1.82, 2.24) is 10.6 Å². The van der Waals surface area contributed by atoms with Crippen molar-refractivity contribution >= 4 is 12.0 Å². The van der Waals surface area contributed by atoms with E-state index >= 15 is 0 Å². The highest BCUT2D eigenvalue weighted by atomic mass is 19.1. The molecule has 0 spiro atoms. The lowest BCUT2D eigenvalue weighted by molar-refractivity contribution is -0.142. The van der Waals surface area contributed by atoms with Crippen LogP contribution in [0.25, 0.3) is 0 Å². The lowest BCUT2D eigenvalue weighted by Crippen LogP contribution is -2.45. The number of aliphatic carboxylic acids is 1. The zero-order valence-electron chi connectivity index (χ0n) is 13.9. The van der Waals surface area contributed by atoms with Crippen molar-refractivity contribution < 1.29 is 23.5 Å². The predicted octanol–water partition coefficient (Wildman–Crippen LogP) is 3.28. The minimum Gasteiger partial charge on any atom is -0.481 e. The predicted molar refractivity (Wildman–Crippen MR) is 87.1 cm³/mol. The zero-order valence-corrected chi connectivity index (χ0v) is 13.9. The minimum atomic E-state index is -0.786. The van der Waals surface area contributed by atoms with E-state index in [0.717, 1.165) is 12.5 Å². The summed E-state index contributed by atoms with van der Waals surface area (Å²) in [6, 6.07) is 1.32. The molecule has 1 saturated carbocycles. The van der Waals surface area contributed by atoms with Gasteiger partial charge < -0.3 is 15.7 Å². The molecule has 0 heterocycles. The van der Waals surface area contributed by atoms with E-state index in [2.05, 4.69) is 10.6 Å². The molecule has 1 aromatic carbocycles. The molecule has 2 aliphatic rings. The molecule has 3 rings (SSSR count). The van der Waals surface area contributed by atoms with Crippen LogP contribution in [-0.4, -0.2) is 23.1 Å². The fourth-order valence-electron chi connectivity index (χ4n) is 3.86. The Morgan fingerprint density at radius 2 is 1.76 bits per heavy atom. The van der Waals surface area contributed by atoms with Crippen LogP contribution in [0.2, 0.25) is 0 Å². The minimum absolute atomic E-state index is 0.0668. The number of fused-ring (bicyclic) bond motifs is 1. The summed E-state index contributed by atoms with van der Waals surface area (Å²) in [6.45, 7) is 0. The SMILES string of the molecule is O=C(NC1CCC(C(=O)O)CC1)N[C@H]1CCCc2c(F)cc(F)cc21. The van der Waals surface area contributed by atoms with Crippen LogP contribution >= 0.6 is 0 Å². The monoisotopic (exact) mass is 352 g/mol. The summed E-state index contributed by atoms with van der Waals surface area (Å²) in [5, 5.41) is 14.7. The highest BCUT2D eigenvalue weighted by Crippen LogP contribution is 2.32. The first-order valence-corrected chi connectivity index (χ1v) is 8.71. The van der Waals surface area contributed by atoms with Crippen LogP contribution < -0.4 is 10.6 Å². The molecule has 7 heteroatoms. The number of hydrogen-bond acceptors (Lipinski definition) is 2. The molecular weight excluding hydrogens is 330 g/mol. The second-order valence-corrected chi connectivity index (χ2v) is 6.90. The Kier molecular flexibility index (Phi) is 5.20. The van der Waals surface area contributed by atoms with Gasteiger partial charge in [-0.3, -0.25) is 4.79 Å². The first-order chi connectivity index (χ1) is 11.9. The maximum absolute atomic E-state index is 13.9. The Bertz CT molecular complexity index is 673. The second kappa shape index (κ2) is 7.37. The molecule has 1 atom stereocenters. The number of benzene rings is 1. The van der Waals surface area contributed by atoms with Crippen molar-refractivity contribution in [1.29, 1.82) is 0 Å². The number of carbonyl (C=O) groups is 2. The number of amides is 2. The summed E-state index contributed by atoms with van der Waals surface area (Å²) in [6.07, 6.45) is 4.23. The zero-order chi connectivity index (χ0) is 18.0. The average molecular weight is 352 g/mol. The number of hydrogen-bond donors (Lipinski definition) is 3. The van der Waals surface area contributed by atoms with Gasteiger partial charge in [-0.25, -0.2) is 13.6 Å². The standard InChI is InChI=1S/C18H22F2N2O3/c19-11-8-14-13(15(20)9-11)2-1-3-16(14)22-18(25)21-12-6-4-10(5-7-12)17(23)24/h8-10,12,16H,1-7H2,(H,23,24)(H2,21,22,25)/t10?,12?,16-/m0/s1. The van der Waals surface area contributed by atoms with Crippen molar-refractivity contribution in [3.05, 3.63) is 34.9 Å². The number of urea groups is 1. The Balaban J connectivity index is 1.59. The molecule has 3 N–H and O–H groups in total. The van der Waals surface area contributed by atoms with Crippen molar-refractivity contribution in [2.24, 2.45) is 5.92 Å². The average Bonchev–Trinajstić information content (AvgIpc) is 2.56. The summed E-state index contributed by atoms with van der Waals surface area (Å²) in [7, 11) is 0. The number of nitrogens with one attached hydrogen (secondary N) is 2. The van der Waals surface area contributed by atoms with Crippen LogP contribution in [0, 0.1) is 17.6 Å². The van der Waals surface area contributed by atoms with Gasteiger partial charge in [-0.15, -0.1) is 0 Å². The molecule has 2 aliphatic carbocycles. The van der Waals surface area contributed by atoms with Crippen LogP contribution in [0.5, 0.6) is 0 Å². The largest absolute Gasteiger partial charge is 0.481 e. The van der Waals surface area contributed by atoms with Crippen molar-refractivity contribution in [2.45, 2.75) is 57.0 Å². The van der Waals surface area contributed by atoms with Gasteiger partial charge >= 0.3 is 12.0 Å². The number of carboxylic acid groups (broad SMARTS) is 1. The third kappa shape index (κ3) is 4.08. The van der Waals surface area contributed by atoms with Gasteiger partial charge in [-0.1, -0.05) is 0 Å². The lowest BCUT2D eigenvalue weighted by Gasteiger charge is -2.30. The van der Waals surface area contributed by atoms with Gasteiger partial charge in [0, 0.05) is 12.1 Å². The third-order valence-electron chi connectivity index (χ3n) is 5.21. The van der Waals surface area contributed by atoms with Crippen LogP contribution in [0.3, 0.4) is 0 Å². The number of rotatable bonds is 3. The molecule has 136 valence electrons. The Morgan fingerprint density at radius 3 is 2.44 bits per heavy atom. The fourth-order valence-corrected chi connectivity index (χ4v) is 3.86. The van der Waals surface area contributed by atoms with E-state index in [4.69, 9.17) is 5.11 Å². The molecule has 2 amide bonds. The molecule has 0 saturated heterocycles. The van der Waals surface area contributed by atoms with E-state index in [0.29, 0.717) is 49.7 Å². The van der Waals surface area contributed by atoms with Gasteiger partial charge in [-0.2, -0.15) is 0 Å². The van der Waals surface area contributed by atoms with Crippen LogP contribution in [0.1, 0.15) is 55.7 Å². The molecule has 0 aromatic heterocycles. The molecule has 0 radical (unpaired) electrons. The Hall–Kier alpha value is -2.18. The Labute approximate surface area is 144 Å². The van der Waals surface area contributed by atoms with Crippen LogP contribution in [0.4, 0.5) is 13.6 Å². The maximum Gasteiger partial charge on any atom is 0.315 e. The molecule has 1 aromatic rings. The molecule has 0 unspecified atom stereocenters. The third-order valence-corrected chi connectivity index (χ3v) is 5.21. The van der Waals surface area contributed by atoms with Crippen LogP contribution in [0.15, 0.2) is 12.1 Å². The summed E-state index contributed by atoms with van der Waals surface area (Å²) < 4.78 is 27.4. The van der Waals surface area contributed by atoms with Gasteiger partial charge in [0.1, 0.15) is 11.6 Å². The summed E-state index contributed by atoms with van der Waals surface area (Å²) in [5.74, 6) is -2.32. The van der Waals surface area contributed by atoms with Gasteiger partial charge in [0.2, 0.25) is 0 Å². The van der Waals surface area contributed by atoms with Crippen molar-refractivity contribution in [2.75, 3.05) is 0 Å². The number of halogens is 2. The number of carbonyl (C=O) groups excluding carboxylic acids is 1. The second-order valence-electron chi connectivity index (χ2n) is 6.90. The quantitative estimate of drug-likeness (QED) is 0.781.